The molecule has 0 aliphatic carbocycles. The maximum Gasteiger partial charge on any atom is 0.316 e. The van der Waals surface area contributed by atoms with Crippen LogP contribution in [0.3, 0.4) is 0 Å². The van der Waals surface area contributed by atoms with Crippen LogP contribution in [-0.4, -0.2) is 28.1 Å². The van der Waals surface area contributed by atoms with E-state index in [1.54, 1.807) is 24.3 Å². The van der Waals surface area contributed by atoms with Gasteiger partial charge in [-0.1, -0.05) is 30.3 Å². The second-order valence-corrected chi connectivity index (χ2v) is 4.50. The molecule has 4 nitrogen and oxygen atoms in total. The topological polar surface area (TPSA) is 74.6 Å². The van der Waals surface area contributed by atoms with Gasteiger partial charge in [-0.3, -0.25) is 9.59 Å². The number of rotatable bonds is 5. The molecular formula is C13H16O4. The third-order valence-corrected chi connectivity index (χ3v) is 2.73. The Hall–Kier alpha value is -1.68. The van der Waals surface area contributed by atoms with E-state index in [4.69, 9.17) is 5.11 Å². The first-order valence-corrected chi connectivity index (χ1v) is 5.35. The van der Waals surface area contributed by atoms with Gasteiger partial charge in [-0.15, -0.1) is 0 Å². The van der Waals surface area contributed by atoms with Crippen LogP contribution in [0.15, 0.2) is 30.3 Å². The smallest absolute Gasteiger partial charge is 0.316 e. The zero-order valence-electron chi connectivity index (χ0n) is 9.88. The Labute approximate surface area is 99.9 Å². The van der Waals surface area contributed by atoms with Crippen molar-refractivity contribution in [3.8, 4) is 0 Å². The van der Waals surface area contributed by atoms with E-state index in [2.05, 4.69) is 0 Å². The quantitative estimate of drug-likeness (QED) is 0.755. The van der Waals surface area contributed by atoms with E-state index < -0.39 is 23.3 Å². The number of carboxylic acids is 1. The molecule has 17 heavy (non-hydrogen) atoms. The predicted molar refractivity (Wildman–Crippen MR) is 62.6 cm³/mol. The van der Waals surface area contributed by atoms with Gasteiger partial charge >= 0.3 is 5.97 Å². The number of carboxylic acid groups (broad SMARTS) is 1. The van der Waals surface area contributed by atoms with Crippen LogP contribution >= 0.6 is 0 Å². The summed E-state index contributed by atoms with van der Waals surface area (Å²) >= 11 is 0. The summed E-state index contributed by atoms with van der Waals surface area (Å²) in [4.78, 5) is 22.7. The van der Waals surface area contributed by atoms with Crippen molar-refractivity contribution in [2.24, 2.45) is 5.41 Å². The monoisotopic (exact) mass is 236 g/mol. The normalized spacial score (nSPS) is 13.1. The van der Waals surface area contributed by atoms with Crippen LogP contribution in [0, 0.1) is 5.41 Å². The molecule has 1 rings (SSSR count). The van der Waals surface area contributed by atoms with E-state index in [9.17, 15) is 14.7 Å². The Morgan fingerprint density at radius 1 is 1.24 bits per heavy atom. The van der Waals surface area contributed by atoms with Crippen LogP contribution < -0.4 is 0 Å². The zero-order valence-corrected chi connectivity index (χ0v) is 9.88. The minimum atomic E-state index is -1.56. The minimum Gasteiger partial charge on any atom is -0.481 e. The molecule has 0 saturated heterocycles. The Morgan fingerprint density at radius 2 is 1.76 bits per heavy atom. The summed E-state index contributed by atoms with van der Waals surface area (Å²) in [7, 11) is 0. The lowest BCUT2D eigenvalue weighted by Crippen LogP contribution is -2.41. The number of hydrogen-bond donors (Lipinski definition) is 2. The van der Waals surface area contributed by atoms with Gasteiger partial charge in [0.2, 0.25) is 0 Å². The first-order chi connectivity index (χ1) is 7.85. The molecule has 0 bridgehead atoms. The van der Waals surface area contributed by atoms with Gasteiger partial charge in [-0.2, -0.15) is 0 Å². The van der Waals surface area contributed by atoms with Crippen molar-refractivity contribution in [1.29, 1.82) is 0 Å². The Bertz CT molecular complexity index is 409. The summed E-state index contributed by atoms with van der Waals surface area (Å²) < 4.78 is 0. The summed E-state index contributed by atoms with van der Waals surface area (Å²) in [6.45, 7) is 2.60. The molecule has 0 aliphatic heterocycles. The summed E-state index contributed by atoms with van der Waals surface area (Å²) in [5.74, 6) is -1.90. The number of Topliss-reactive ketones (excluding diaryl/α,β-unsaturated/α-hetero) is 1. The van der Waals surface area contributed by atoms with Crippen LogP contribution in [0.1, 0.15) is 19.4 Å². The molecule has 0 fully saturated rings. The number of benzene rings is 1. The van der Waals surface area contributed by atoms with Gasteiger partial charge in [0.15, 0.2) is 5.78 Å². The van der Waals surface area contributed by atoms with E-state index in [1.165, 1.54) is 13.8 Å². The largest absolute Gasteiger partial charge is 0.481 e. The Kier molecular flexibility index (Phi) is 4.02. The third kappa shape index (κ3) is 3.14. The fourth-order valence-electron chi connectivity index (χ4n) is 1.45. The SMILES string of the molecule is CC(C)(C(=O)O)C(=O)[C@H](O)Cc1ccccc1. The first-order valence-electron chi connectivity index (χ1n) is 5.35. The first kappa shape index (κ1) is 13.4. The van der Waals surface area contributed by atoms with Crippen molar-refractivity contribution in [3.05, 3.63) is 35.9 Å². The van der Waals surface area contributed by atoms with Gasteiger partial charge in [0, 0.05) is 6.42 Å². The summed E-state index contributed by atoms with van der Waals surface area (Å²) in [5.41, 5.74) is -0.761. The van der Waals surface area contributed by atoms with Gasteiger partial charge in [0.05, 0.1) is 0 Å². The minimum absolute atomic E-state index is 0.135. The lowest BCUT2D eigenvalue weighted by molar-refractivity contribution is -0.155. The third-order valence-electron chi connectivity index (χ3n) is 2.73. The lowest BCUT2D eigenvalue weighted by Gasteiger charge is -2.21. The molecule has 0 amide bonds. The van der Waals surface area contributed by atoms with Gasteiger partial charge in [0.25, 0.3) is 0 Å². The zero-order chi connectivity index (χ0) is 13.1. The van der Waals surface area contributed by atoms with Crippen molar-refractivity contribution in [2.75, 3.05) is 0 Å². The Balaban J connectivity index is 2.75. The number of carbonyl (C=O) groups is 2. The molecular weight excluding hydrogens is 220 g/mol. The van der Waals surface area contributed by atoms with E-state index >= 15 is 0 Å². The second-order valence-electron chi connectivity index (χ2n) is 4.50. The number of carbonyl (C=O) groups excluding carboxylic acids is 1. The van der Waals surface area contributed by atoms with E-state index in [-0.39, 0.29) is 6.42 Å². The number of hydrogen-bond acceptors (Lipinski definition) is 3. The highest BCUT2D eigenvalue weighted by Crippen LogP contribution is 2.20. The number of aliphatic hydroxyl groups excluding tert-OH is 1. The van der Waals surface area contributed by atoms with E-state index in [0.717, 1.165) is 5.56 Å². The fraction of sp³-hybridized carbons (Fsp3) is 0.385. The van der Waals surface area contributed by atoms with Gasteiger partial charge < -0.3 is 10.2 Å². The molecule has 0 aliphatic rings. The standard InChI is InChI=1S/C13H16O4/c1-13(2,12(16)17)11(15)10(14)8-9-6-4-3-5-7-9/h3-7,10,14H,8H2,1-2H3,(H,16,17)/t10-/m1/s1. The van der Waals surface area contributed by atoms with Crippen molar-refractivity contribution < 1.29 is 19.8 Å². The molecule has 0 radical (unpaired) electrons. The van der Waals surface area contributed by atoms with Crippen molar-refractivity contribution in [3.63, 3.8) is 0 Å². The molecule has 4 heteroatoms. The Morgan fingerprint density at radius 3 is 2.24 bits per heavy atom. The second kappa shape index (κ2) is 5.10. The molecule has 1 atom stereocenters. The maximum absolute atomic E-state index is 11.8. The van der Waals surface area contributed by atoms with Gasteiger partial charge in [-0.25, -0.2) is 0 Å². The predicted octanol–water partition coefficient (Wildman–Crippen LogP) is 1.27. The molecule has 1 aromatic rings. The van der Waals surface area contributed by atoms with Crippen LogP contribution in [-0.2, 0) is 16.0 Å². The number of aliphatic carboxylic acids is 1. The lowest BCUT2D eigenvalue weighted by atomic mass is 9.83. The number of aliphatic hydroxyl groups is 1. The van der Waals surface area contributed by atoms with Crippen molar-refractivity contribution >= 4 is 11.8 Å². The van der Waals surface area contributed by atoms with E-state index in [0.29, 0.717) is 0 Å². The highest BCUT2D eigenvalue weighted by atomic mass is 16.4. The van der Waals surface area contributed by atoms with E-state index in [1.807, 2.05) is 6.07 Å². The average molecular weight is 236 g/mol. The maximum atomic E-state index is 11.8. The number of ketones is 1. The van der Waals surface area contributed by atoms with Crippen molar-refractivity contribution in [2.45, 2.75) is 26.4 Å². The average Bonchev–Trinajstić information content (AvgIpc) is 2.29. The van der Waals surface area contributed by atoms with Gasteiger partial charge in [0.1, 0.15) is 11.5 Å². The molecule has 0 aromatic heterocycles. The van der Waals surface area contributed by atoms with Crippen LogP contribution in [0.2, 0.25) is 0 Å². The fourth-order valence-corrected chi connectivity index (χ4v) is 1.45. The molecule has 0 spiro atoms. The summed E-state index contributed by atoms with van der Waals surface area (Å²) in [5, 5.41) is 18.6. The molecule has 92 valence electrons. The summed E-state index contributed by atoms with van der Waals surface area (Å²) in [6, 6.07) is 9.00. The highest BCUT2D eigenvalue weighted by Gasteiger charge is 2.39. The molecule has 1 aromatic carbocycles. The van der Waals surface area contributed by atoms with Crippen LogP contribution in [0.25, 0.3) is 0 Å². The molecule has 2 N–H and O–H groups in total. The highest BCUT2D eigenvalue weighted by molar-refractivity contribution is 6.04. The molecule has 0 heterocycles. The van der Waals surface area contributed by atoms with Crippen molar-refractivity contribution in [1.82, 2.24) is 0 Å². The molecule has 0 saturated carbocycles. The van der Waals surface area contributed by atoms with Gasteiger partial charge in [-0.05, 0) is 19.4 Å². The molecule has 0 unspecified atom stereocenters. The van der Waals surface area contributed by atoms with Crippen LogP contribution in [0.4, 0.5) is 0 Å². The van der Waals surface area contributed by atoms with Crippen LogP contribution in [0.5, 0.6) is 0 Å². The summed E-state index contributed by atoms with van der Waals surface area (Å²) in [6.07, 6.45) is -1.15.